The van der Waals surface area contributed by atoms with Crippen LogP contribution < -0.4 is 5.73 Å². The van der Waals surface area contributed by atoms with Crippen molar-refractivity contribution >= 4 is 22.5 Å². The molecule has 0 spiro atoms. The summed E-state index contributed by atoms with van der Waals surface area (Å²) in [4.78, 5) is 0. The number of fused-ring (bicyclic) bond motifs is 2. The zero-order valence-corrected chi connectivity index (χ0v) is 11.9. The quantitative estimate of drug-likeness (QED) is 0.756. The van der Waals surface area contributed by atoms with Crippen LogP contribution >= 0.6 is 11.6 Å². The Kier molecular flexibility index (Phi) is 2.65. The Morgan fingerprint density at radius 2 is 2.00 bits per heavy atom. The van der Waals surface area contributed by atoms with Gasteiger partial charge in [-0.25, -0.2) is 0 Å². The molecule has 0 aliphatic heterocycles. The first-order chi connectivity index (χ1) is 9.55. The molecule has 4 rings (SSSR count). The minimum atomic E-state index is -0.789. The summed E-state index contributed by atoms with van der Waals surface area (Å²) in [6.07, 6.45) is 5.40. The molecule has 2 aliphatic rings. The molecule has 1 aromatic carbocycles. The third kappa shape index (κ3) is 1.79. The van der Waals surface area contributed by atoms with Crippen molar-refractivity contribution in [3.63, 3.8) is 0 Å². The lowest BCUT2D eigenvalue weighted by Gasteiger charge is -2.26. The maximum Gasteiger partial charge on any atom is 0.0909 e. The van der Waals surface area contributed by atoms with Crippen LogP contribution in [0.4, 0.5) is 0 Å². The van der Waals surface area contributed by atoms with Crippen molar-refractivity contribution in [1.82, 2.24) is 10.2 Å². The van der Waals surface area contributed by atoms with Gasteiger partial charge in [-0.15, -0.1) is 0 Å². The highest BCUT2D eigenvalue weighted by Crippen LogP contribution is 2.53. The van der Waals surface area contributed by atoms with Crippen molar-refractivity contribution in [3.05, 3.63) is 28.9 Å². The van der Waals surface area contributed by atoms with Crippen LogP contribution in [-0.4, -0.2) is 21.3 Å². The Bertz CT molecular complexity index is 654. The third-order valence-corrected chi connectivity index (χ3v) is 5.32. The van der Waals surface area contributed by atoms with Gasteiger partial charge < -0.3 is 10.8 Å². The molecule has 1 heterocycles. The maximum absolute atomic E-state index is 11.2. The van der Waals surface area contributed by atoms with E-state index in [-0.39, 0.29) is 0 Å². The molecule has 106 valence electrons. The molecule has 20 heavy (non-hydrogen) atoms. The van der Waals surface area contributed by atoms with Crippen molar-refractivity contribution < 1.29 is 5.11 Å². The standard InChI is InChI=1S/C15H18ClN3O/c16-10-3-13(12-7-18-19-14(12)4-10)15(20)5-8-1-11(17)2-9(8)6-15/h3-4,7-9,11,20H,1-2,5-6,17H2,(H,18,19)/t8-,9+,11?,15?. The SMILES string of the molecule is NC1C[C@@H]2CC(O)(c3cc(Cl)cc4[nH]ncc34)C[C@@H]2C1. The lowest BCUT2D eigenvalue weighted by molar-refractivity contribution is 0.0361. The van der Waals surface area contributed by atoms with Crippen molar-refractivity contribution in [2.45, 2.75) is 37.3 Å². The van der Waals surface area contributed by atoms with Gasteiger partial charge in [-0.2, -0.15) is 5.10 Å². The second-order valence-electron chi connectivity index (χ2n) is 6.48. The number of nitrogens with one attached hydrogen (secondary N) is 1. The Morgan fingerprint density at radius 3 is 2.70 bits per heavy atom. The largest absolute Gasteiger partial charge is 0.385 e. The lowest BCUT2D eigenvalue weighted by atomic mass is 9.87. The lowest BCUT2D eigenvalue weighted by Crippen LogP contribution is -2.25. The van der Waals surface area contributed by atoms with E-state index in [1.165, 1.54) is 0 Å². The molecule has 0 bridgehead atoms. The van der Waals surface area contributed by atoms with Crippen molar-refractivity contribution in [3.8, 4) is 0 Å². The Hall–Kier alpha value is -1.10. The topological polar surface area (TPSA) is 74.9 Å². The molecule has 4 nitrogen and oxygen atoms in total. The Morgan fingerprint density at radius 1 is 1.30 bits per heavy atom. The summed E-state index contributed by atoms with van der Waals surface area (Å²) in [5.74, 6) is 1.08. The van der Waals surface area contributed by atoms with E-state index in [1.807, 2.05) is 12.1 Å². The van der Waals surface area contributed by atoms with E-state index in [1.54, 1.807) is 6.20 Å². The molecular weight excluding hydrogens is 274 g/mol. The molecule has 1 aromatic heterocycles. The third-order valence-electron chi connectivity index (χ3n) is 5.10. The summed E-state index contributed by atoms with van der Waals surface area (Å²) in [5.41, 5.74) is 7.04. The predicted octanol–water partition coefficient (Wildman–Crippen LogP) is 2.55. The molecule has 2 unspecified atom stereocenters. The number of nitrogens with zero attached hydrogens (tertiary/aromatic N) is 1. The van der Waals surface area contributed by atoms with E-state index >= 15 is 0 Å². The minimum Gasteiger partial charge on any atom is -0.385 e. The molecule has 5 heteroatoms. The maximum atomic E-state index is 11.2. The molecule has 2 saturated carbocycles. The number of rotatable bonds is 1. The van der Waals surface area contributed by atoms with Crippen LogP contribution in [0.2, 0.25) is 5.02 Å². The fraction of sp³-hybridized carbons (Fsp3) is 0.533. The highest BCUT2D eigenvalue weighted by molar-refractivity contribution is 6.31. The van der Waals surface area contributed by atoms with E-state index in [2.05, 4.69) is 10.2 Å². The molecule has 4 atom stereocenters. The van der Waals surface area contributed by atoms with Crippen LogP contribution in [0.25, 0.3) is 10.9 Å². The van der Waals surface area contributed by atoms with Crippen LogP contribution in [0.15, 0.2) is 18.3 Å². The van der Waals surface area contributed by atoms with Gasteiger partial charge in [0.05, 0.1) is 17.3 Å². The minimum absolute atomic E-state index is 0.308. The number of aromatic nitrogens is 2. The molecule has 0 radical (unpaired) electrons. The van der Waals surface area contributed by atoms with Gasteiger partial charge in [0.2, 0.25) is 0 Å². The van der Waals surface area contributed by atoms with Crippen LogP contribution in [-0.2, 0) is 5.60 Å². The number of halogens is 1. The van der Waals surface area contributed by atoms with E-state index in [0.29, 0.717) is 22.9 Å². The van der Waals surface area contributed by atoms with Gasteiger partial charge >= 0.3 is 0 Å². The number of hydrogen-bond acceptors (Lipinski definition) is 3. The number of nitrogens with two attached hydrogens (primary N) is 1. The predicted molar refractivity (Wildman–Crippen MR) is 78.4 cm³/mol. The Labute approximate surface area is 122 Å². The fourth-order valence-electron chi connectivity index (χ4n) is 4.33. The summed E-state index contributed by atoms with van der Waals surface area (Å²) in [5, 5.41) is 19.8. The Balaban J connectivity index is 1.78. The van der Waals surface area contributed by atoms with Crippen molar-refractivity contribution in [2.75, 3.05) is 0 Å². The second-order valence-corrected chi connectivity index (χ2v) is 6.91. The molecule has 2 aromatic rings. The molecule has 0 amide bonds. The van der Waals surface area contributed by atoms with Gasteiger partial charge in [0, 0.05) is 16.5 Å². The van der Waals surface area contributed by atoms with E-state index in [9.17, 15) is 5.11 Å². The average Bonchev–Trinajstić information content (AvgIpc) is 3.01. The summed E-state index contributed by atoms with van der Waals surface area (Å²) in [7, 11) is 0. The normalized spacial score (nSPS) is 36.6. The number of H-pyrrole nitrogens is 1. The van der Waals surface area contributed by atoms with Gasteiger partial charge in [-0.1, -0.05) is 11.6 Å². The van der Waals surface area contributed by atoms with Gasteiger partial charge in [0.1, 0.15) is 0 Å². The van der Waals surface area contributed by atoms with Crippen molar-refractivity contribution in [2.24, 2.45) is 17.6 Å². The van der Waals surface area contributed by atoms with Gasteiger partial charge in [0.25, 0.3) is 0 Å². The van der Waals surface area contributed by atoms with E-state index in [4.69, 9.17) is 17.3 Å². The smallest absolute Gasteiger partial charge is 0.0909 e. The molecular formula is C15H18ClN3O. The first kappa shape index (κ1) is 12.6. The summed E-state index contributed by atoms with van der Waals surface area (Å²) >= 11 is 6.19. The average molecular weight is 292 g/mol. The number of benzene rings is 1. The van der Waals surface area contributed by atoms with Crippen molar-refractivity contribution in [1.29, 1.82) is 0 Å². The highest BCUT2D eigenvalue weighted by Gasteiger charge is 2.49. The fourth-order valence-corrected chi connectivity index (χ4v) is 4.55. The van der Waals surface area contributed by atoms with Gasteiger partial charge in [-0.05, 0) is 55.2 Å². The first-order valence-electron chi connectivity index (χ1n) is 7.16. The molecule has 2 fully saturated rings. The first-order valence-corrected chi connectivity index (χ1v) is 7.54. The number of aliphatic hydroxyl groups is 1. The molecule has 4 N–H and O–H groups in total. The summed E-state index contributed by atoms with van der Waals surface area (Å²) in [6.45, 7) is 0. The monoisotopic (exact) mass is 291 g/mol. The van der Waals surface area contributed by atoms with Gasteiger partial charge in [0.15, 0.2) is 0 Å². The second kappa shape index (κ2) is 4.20. The highest BCUT2D eigenvalue weighted by atomic mass is 35.5. The van der Waals surface area contributed by atoms with Crippen LogP contribution in [0, 0.1) is 11.8 Å². The number of aromatic amines is 1. The van der Waals surface area contributed by atoms with E-state index < -0.39 is 5.60 Å². The van der Waals surface area contributed by atoms with Crippen LogP contribution in [0.1, 0.15) is 31.2 Å². The van der Waals surface area contributed by atoms with Crippen LogP contribution in [0.5, 0.6) is 0 Å². The zero-order chi connectivity index (χ0) is 13.9. The summed E-state index contributed by atoms with van der Waals surface area (Å²) in [6, 6.07) is 4.05. The van der Waals surface area contributed by atoms with Gasteiger partial charge in [-0.3, -0.25) is 5.10 Å². The zero-order valence-electron chi connectivity index (χ0n) is 11.1. The number of hydrogen-bond donors (Lipinski definition) is 3. The summed E-state index contributed by atoms with van der Waals surface area (Å²) < 4.78 is 0. The van der Waals surface area contributed by atoms with E-state index in [0.717, 1.165) is 42.1 Å². The molecule has 2 aliphatic carbocycles. The molecule has 0 saturated heterocycles. The van der Waals surface area contributed by atoms with Crippen LogP contribution in [0.3, 0.4) is 0 Å².